The van der Waals surface area contributed by atoms with Crippen LogP contribution < -0.4 is 0 Å². The van der Waals surface area contributed by atoms with E-state index < -0.39 is 0 Å². The predicted molar refractivity (Wildman–Crippen MR) is 54.4 cm³/mol. The first-order valence-corrected chi connectivity index (χ1v) is 4.65. The molecule has 1 unspecified atom stereocenters. The number of benzene rings is 1. The van der Waals surface area contributed by atoms with Crippen molar-refractivity contribution < 1.29 is 5.11 Å². The Bertz CT molecular complexity index is 356. The van der Waals surface area contributed by atoms with E-state index in [0.717, 1.165) is 16.2 Å². The van der Waals surface area contributed by atoms with Crippen LogP contribution in [0.1, 0.15) is 12.5 Å². The van der Waals surface area contributed by atoms with Gasteiger partial charge in [-0.3, -0.25) is 0 Å². The Hall–Kier alpha value is -0.790. The summed E-state index contributed by atoms with van der Waals surface area (Å²) in [5, 5.41) is 9.93. The fourth-order valence-corrected chi connectivity index (χ4v) is 2.00. The molecule has 68 valence electrons. The maximum atomic E-state index is 9.14. The molecule has 1 aromatic carbocycles. The van der Waals surface area contributed by atoms with Crippen LogP contribution in [0, 0.1) is 5.41 Å². The number of rotatable bonds is 2. The lowest BCUT2D eigenvalue weighted by molar-refractivity contribution is 0.242. The smallest absolute Gasteiger partial charge is 0.0575 e. The number of aliphatic hydroxyl groups is 1. The van der Waals surface area contributed by atoms with E-state index in [9.17, 15) is 0 Å². The van der Waals surface area contributed by atoms with Gasteiger partial charge in [0.1, 0.15) is 0 Å². The molecule has 0 saturated carbocycles. The predicted octanol–water partition coefficient (Wildman–Crippen LogP) is 2.65. The topological polar surface area (TPSA) is 20.2 Å². The summed E-state index contributed by atoms with van der Waals surface area (Å²) in [4.78, 5) is 0. The fourth-order valence-electron chi connectivity index (χ4n) is 1.57. The van der Waals surface area contributed by atoms with Crippen molar-refractivity contribution in [1.29, 1.82) is 0 Å². The molecule has 0 spiro atoms. The zero-order valence-electron chi connectivity index (χ0n) is 7.42. The summed E-state index contributed by atoms with van der Waals surface area (Å²) >= 11 is 6.01. The molecule has 2 heteroatoms. The maximum absolute atomic E-state index is 9.14. The first-order valence-electron chi connectivity index (χ1n) is 4.27. The lowest BCUT2D eigenvalue weighted by atomic mass is 10.00. The van der Waals surface area contributed by atoms with Gasteiger partial charge < -0.3 is 5.11 Å². The average Bonchev–Trinajstić information content (AvgIpc) is 2.72. The summed E-state index contributed by atoms with van der Waals surface area (Å²) < 4.78 is 0. The van der Waals surface area contributed by atoms with E-state index in [-0.39, 0.29) is 12.0 Å². The minimum Gasteiger partial charge on any atom is -0.395 e. The summed E-state index contributed by atoms with van der Waals surface area (Å²) in [6, 6.07) is 9.94. The van der Waals surface area contributed by atoms with Crippen LogP contribution in [0.15, 0.2) is 35.4 Å². The van der Waals surface area contributed by atoms with Gasteiger partial charge in [-0.1, -0.05) is 41.9 Å². The van der Waals surface area contributed by atoms with E-state index in [2.05, 4.69) is 0 Å². The minimum atomic E-state index is -0.275. The molecule has 0 aromatic heterocycles. The molecule has 0 saturated heterocycles. The van der Waals surface area contributed by atoms with Crippen LogP contribution in [0.2, 0.25) is 0 Å². The van der Waals surface area contributed by atoms with Gasteiger partial charge in [-0.25, -0.2) is 0 Å². The van der Waals surface area contributed by atoms with Gasteiger partial charge in [0.15, 0.2) is 0 Å². The normalized spacial score (nSPS) is 26.4. The van der Waals surface area contributed by atoms with Crippen molar-refractivity contribution in [3.63, 3.8) is 0 Å². The molecular formula is C11H11ClO. The standard InChI is InChI=1S/C11H11ClO/c1-11(7-13)9(10(11)12)8-5-3-2-4-6-8/h2-6,13H,7H2,1H3. The Kier molecular flexibility index (Phi) is 1.94. The third kappa shape index (κ3) is 1.19. The first kappa shape index (κ1) is 8.79. The SMILES string of the molecule is CC1(CO)C(Cl)=C1c1ccccc1. The Morgan fingerprint density at radius 1 is 1.31 bits per heavy atom. The molecule has 0 aliphatic heterocycles. The molecule has 0 heterocycles. The van der Waals surface area contributed by atoms with Gasteiger partial charge in [-0.2, -0.15) is 0 Å². The van der Waals surface area contributed by atoms with Gasteiger partial charge in [0.05, 0.1) is 12.0 Å². The Balaban J connectivity index is 2.32. The number of hydrogen-bond donors (Lipinski definition) is 1. The van der Waals surface area contributed by atoms with Crippen LogP contribution in [0.3, 0.4) is 0 Å². The van der Waals surface area contributed by atoms with Gasteiger partial charge in [0, 0.05) is 5.03 Å². The van der Waals surface area contributed by atoms with Crippen molar-refractivity contribution in [3.05, 3.63) is 40.9 Å². The highest BCUT2D eigenvalue weighted by Gasteiger charge is 2.48. The summed E-state index contributed by atoms with van der Waals surface area (Å²) in [7, 11) is 0. The highest BCUT2D eigenvalue weighted by atomic mass is 35.5. The zero-order valence-corrected chi connectivity index (χ0v) is 8.17. The van der Waals surface area contributed by atoms with Gasteiger partial charge in [-0.05, 0) is 18.1 Å². The molecule has 2 rings (SSSR count). The fraction of sp³-hybridized carbons (Fsp3) is 0.273. The highest BCUT2D eigenvalue weighted by Crippen LogP contribution is 2.59. The second-order valence-electron chi connectivity index (χ2n) is 3.55. The van der Waals surface area contributed by atoms with Crippen LogP contribution >= 0.6 is 11.6 Å². The van der Waals surface area contributed by atoms with Gasteiger partial charge in [-0.15, -0.1) is 0 Å². The Morgan fingerprint density at radius 2 is 1.92 bits per heavy atom. The molecule has 1 aliphatic rings. The highest BCUT2D eigenvalue weighted by molar-refractivity contribution is 6.39. The van der Waals surface area contributed by atoms with Crippen molar-refractivity contribution >= 4 is 17.2 Å². The second kappa shape index (κ2) is 2.86. The molecule has 0 fully saturated rings. The van der Waals surface area contributed by atoms with Crippen molar-refractivity contribution in [2.75, 3.05) is 6.61 Å². The first-order chi connectivity index (χ1) is 6.20. The Labute approximate surface area is 82.7 Å². The zero-order chi connectivity index (χ0) is 9.47. The maximum Gasteiger partial charge on any atom is 0.0575 e. The number of aliphatic hydroxyl groups excluding tert-OH is 1. The molecule has 1 nitrogen and oxygen atoms in total. The van der Waals surface area contributed by atoms with E-state index in [0.29, 0.717) is 0 Å². The third-order valence-electron chi connectivity index (χ3n) is 2.57. The van der Waals surface area contributed by atoms with E-state index in [1.165, 1.54) is 0 Å². The third-order valence-corrected chi connectivity index (χ3v) is 3.18. The molecule has 0 bridgehead atoms. The molecule has 1 N–H and O–H groups in total. The van der Waals surface area contributed by atoms with Crippen molar-refractivity contribution in [2.24, 2.45) is 5.41 Å². The van der Waals surface area contributed by atoms with E-state index in [4.69, 9.17) is 16.7 Å². The summed E-state index contributed by atoms with van der Waals surface area (Å²) in [6.07, 6.45) is 0. The molecular weight excluding hydrogens is 184 g/mol. The van der Waals surface area contributed by atoms with Crippen LogP contribution in [0.5, 0.6) is 0 Å². The van der Waals surface area contributed by atoms with Crippen molar-refractivity contribution in [2.45, 2.75) is 6.92 Å². The number of hydrogen-bond acceptors (Lipinski definition) is 1. The largest absolute Gasteiger partial charge is 0.395 e. The van der Waals surface area contributed by atoms with Crippen molar-refractivity contribution in [3.8, 4) is 0 Å². The minimum absolute atomic E-state index is 0.0933. The monoisotopic (exact) mass is 194 g/mol. The molecule has 0 radical (unpaired) electrons. The molecule has 1 aromatic rings. The van der Waals surface area contributed by atoms with E-state index in [1.807, 2.05) is 37.3 Å². The van der Waals surface area contributed by atoms with Crippen LogP contribution in [-0.4, -0.2) is 11.7 Å². The van der Waals surface area contributed by atoms with Gasteiger partial charge >= 0.3 is 0 Å². The van der Waals surface area contributed by atoms with Crippen LogP contribution in [0.4, 0.5) is 0 Å². The molecule has 1 atom stereocenters. The molecule has 0 amide bonds. The average molecular weight is 195 g/mol. The van der Waals surface area contributed by atoms with E-state index >= 15 is 0 Å². The molecule has 13 heavy (non-hydrogen) atoms. The van der Waals surface area contributed by atoms with Gasteiger partial charge in [0.25, 0.3) is 0 Å². The van der Waals surface area contributed by atoms with Crippen LogP contribution in [0.25, 0.3) is 5.57 Å². The quantitative estimate of drug-likeness (QED) is 0.768. The Morgan fingerprint density at radius 3 is 2.38 bits per heavy atom. The van der Waals surface area contributed by atoms with Crippen LogP contribution in [-0.2, 0) is 0 Å². The summed E-state index contributed by atoms with van der Waals surface area (Å²) in [5.74, 6) is 0. The lowest BCUT2D eigenvalue weighted by Crippen LogP contribution is -2.05. The number of halogens is 1. The van der Waals surface area contributed by atoms with Crippen molar-refractivity contribution in [1.82, 2.24) is 0 Å². The second-order valence-corrected chi connectivity index (χ2v) is 3.92. The van der Waals surface area contributed by atoms with Gasteiger partial charge in [0.2, 0.25) is 0 Å². The summed E-state index contributed by atoms with van der Waals surface area (Å²) in [6.45, 7) is 2.05. The lowest BCUT2D eigenvalue weighted by Gasteiger charge is -2.07. The summed E-state index contributed by atoms with van der Waals surface area (Å²) in [5.41, 5.74) is 1.92. The molecule has 1 aliphatic carbocycles. The van der Waals surface area contributed by atoms with E-state index in [1.54, 1.807) is 0 Å².